The Bertz CT molecular complexity index is 735. The zero-order chi connectivity index (χ0) is 17.3. The van der Waals surface area contributed by atoms with Gasteiger partial charge in [0.15, 0.2) is 0 Å². The molecular weight excluding hydrogens is 296 g/mol. The van der Waals surface area contributed by atoms with Gasteiger partial charge in [-0.25, -0.2) is 0 Å². The van der Waals surface area contributed by atoms with E-state index in [4.69, 9.17) is 0 Å². The molecule has 0 saturated heterocycles. The predicted octanol–water partition coefficient (Wildman–Crippen LogP) is 4.76. The summed E-state index contributed by atoms with van der Waals surface area (Å²) in [5, 5.41) is 0. The lowest BCUT2D eigenvalue weighted by atomic mass is 9.52. The third-order valence-electron chi connectivity index (χ3n) is 5.90. The molecule has 0 amide bonds. The fraction of sp³-hybridized carbons (Fsp3) is 0.364. The van der Waals surface area contributed by atoms with Crippen LogP contribution in [0.15, 0.2) is 60.7 Å². The quantitative estimate of drug-likeness (QED) is 0.817. The third kappa shape index (κ3) is 2.60. The van der Waals surface area contributed by atoms with Gasteiger partial charge in [0.1, 0.15) is 11.6 Å². The molecule has 124 valence electrons. The first-order valence-electron chi connectivity index (χ1n) is 8.60. The van der Waals surface area contributed by atoms with Crippen molar-refractivity contribution in [3.8, 4) is 0 Å². The standard InChI is InChI=1S/C22H24O2/c1-15-20(24)14-19(17-10-6-4-7-11-17)22(3,16(2)23)21(15)18-12-8-5-9-13-18/h4-13,15,19,21H,14H2,1-3H3/t15-,19-,21+,22-/m0/s1. The second-order valence-electron chi connectivity index (χ2n) is 7.15. The van der Waals surface area contributed by atoms with E-state index in [1.807, 2.05) is 74.5 Å². The van der Waals surface area contributed by atoms with Crippen molar-refractivity contribution in [1.82, 2.24) is 0 Å². The molecular formula is C22H24O2. The summed E-state index contributed by atoms with van der Waals surface area (Å²) in [5.41, 5.74) is 1.57. The van der Waals surface area contributed by atoms with Gasteiger partial charge in [0.05, 0.1) is 0 Å². The van der Waals surface area contributed by atoms with Crippen LogP contribution in [0.3, 0.4) is 0 Å². The van der Waals surface area contributed by atoms with Gasteiger partial charge >= 0.3 is 0 Å². The van der Waals surface area contributed by atoms with E-state index in [0.717, 1.165) is 11.1 Å². The van der Waals surface area contributed by atoms with Crippen LogP contribution in [-0.2, 0) is 9.59 Å². The van der Waals surface area contributed by atoms with Crippen LogP contribution in [0.4, 0.5) is 0 Å². The van der Waals surface area contributed by atoms with Crippen LogP contribution in [0.2, 0.25) is 0 Å². The molecule has 0 heterocycles. The number of benzene rings is 2. The SMILES string of the molecule is CC(=O)[C@@]1(C)[C@H](c2ccccc2)CC(=O)[C@H](C)[C@@H]1c1ccccc1. The molecule has 4 atom stereocenters. The summed E-state index contributed by atoms with van der Waals surface area (Å²) < 4.78 is 0. The van der Waals surface area contributed by atoms with Crippen LogP contribution in [0.1, 0.15) is 50.2 Å². The molecule has 24 heavy (non-hydrogen) atoms. The van der Waals surface area contributed by atoms with Crippen molar-refractivity contribution < 1.29 is 9.59 Å². The highest BCUT2D eigenvalue weighted by molar-refractivity contribution is 5.92. The number of Topliss-reactive ketones (excluding diaryl/α,β-unsaturated/α-hetero) is 2. The summed E-state index contributed by atoms with van der Waals surface area (Å²) in [6.45, 7) is 5.70. The maximum atomic E-state index is 12.8. The second kappa shape index (κ2) is 6.35. The fourth-order valence-corrected chi connectivity index (χ4v) is 4.43. The van der Waals surface area contributed by atoms with Gasteiger partial charge in [-0.1, -0.05) is 74.5 Å². The van der Waals surface area contributed by atoms with Gasteiger partial charge in [0, 0.05) is 29.6 Å². The molecule has 0 radical (unpaired) electrons. The first-order valence-corrected chi connectivity index (χ1v) is 8.60. The van der Waals surface area contributed by atoms with Crippen molar-refractivity contribution in [3.05, 3.63) is 71.8 Å². The van der Waals surface area contributed by atoms with Crippen LogP contribution in [0.25, 0.3) is 0 Å². The lowest BCUT2D eigenvalue weighted by molar-refractivity contribution is -0.138. The van der Waals surface area contributed by atoms with Gasteiger partial charge in [-0.3, -0.25) is 9.59 Å². The lowest BCUT2D eigenvalue weighted by Gasteiger charge is -2.48. The summed E-state index contributed by atoms with van der Waals surface area (Å²) in [7, 11) is 0. The summed E-state index contributed by atoms with van der Waals surface area (Å²) >= 11 is 0. The van der Waals surface area contributed by atoms with E-state index in [0.29, 0.717) is 6.42 Å². The second-order valence-corrected chi connectivity index (χ2v) is 7.15. The molecule has 1 aliphatic carbocycles. The zero-order valence-corrected chi connectivity index (χ0v) is 14.5. The van der Waals surface area contributed by atoms with Gasteiger partial charge in [0.25, 0.3) is 0 Å². The summed E-state index contributed by atoms with van der Waals surface area (Å²) in [6.07, 6.45) is 0.435. The molecule has 0 aliphatic heterocycles. The van der Waals surface area contributed by atoms with Gasteiger partial charge in [-0.15, -0.1) is 0 Å². The van der Waals surface area contributed by atoms with Gasteiger partial charge in [-0.2, -0.15) is 0 Å². The molecule has 2 aromatic rings. The minimum atomic E-state index is -0.587. The normalized spacial score (nSPS) is 30.1. The number of carbonyl (C=O) groups excluding carboxylic acids is 2. The van der Waals surface area contributed by atoms with E-state index in [2.05, 4.69) is 0 Å². The zero-order valence-electron chi connectivity index (χ0n) is 14.5. The molecule has 0 bridgehead atoms. The minimum absolute atomic E-state index is 0.0786. The van der Waals surface area contributed by atoms with E-state index in [1.54, 1.807) is 6.92 Å². The monoisotopic (exact) mass is 320 g/mol. The Morgan fingerprint density at radius 2 is 1.46 bits per heavy atom. The Balaban J connectivity index is 2.18. The van der Waals surface area contributed by atoms with E-state index < -0.39 is 5.41 Å². The van der Waals surface area contributed by atoms with Crippen molar-refractivity contribution >= 4 is 11.6 Å². The molecule has 2 aromatic carbocycles. The average Bonchev–Trinajstić information content (AvgIpc) is 2.60. The summed E-state index contributed by atoms with van der Waals surface area (Å²) in [4.78, 5) is 25.6. The Morgan fingerprint density at radius 3 is 1.96 bits per heavy atom. The van der Waals surface area contributed by atoms with Crippen LogP contribution in [0, 0.1) is 11.3 Å². The maximum Gasteiger partial charge on any atom is 0.136 e. The van der Waals surface area contributed by atoms with Crippen LogP contribution in [-0.4, -0.2) is 11.6 Å². The first kappa shape index (κ1) is 16.6. The van der Waals surface area contributed by atoms with E-state index in [1.165, 1.54) is 0 Å². The van der Waals surface area contributed by atoms with Crippen molar-refractivity contribution in [1.29, 1.82) is 0 Å². The fourth-order valence-electron chi connectivity index (χ4n) is 4.43. The van der Waals surface area contributed by atoms with E-state index in [9.17, 15) is 9.59 Å². The number of hydrogen-bond acceptors (Lipinski definition) is 2. The number of hydrogen-bond donors (Lipinski definition) is 0. The number of ketones is 2. The molecule has 1 fully saturated rings. The molecule has 1 aliphatic rings. The number of carbonyl (C=O) groups is 2. The highest BCUT2D eigenvalue weighted by atomic mass is 16.1. The number of rotatable bonds is 3. The summed E-state index contributed by atoms with van der Waals surface area (Å²) in [6, 6.07) is 20.0. The van der Waals surface area contributed by atoms with Gasteiger partial charge in [-0.05, 0) is 18.1 Å². The highest BCUT2D eigenvalue weighted by Crippen LogP contribution is 2.56. The Kier molecular flexibility index (Phi) is 4.40. The summed E-state index contributed by atoms with van der Waals surface area (Å²) in [5.74, 6) is 0.0787. The predicted molar refractivity (Wildman–Crippen MR) is 95.9 cm³/mol. The molecule has 2 nitrogen and oxygen atoms in total. The maximum absolute atomic E-state index is 12.8. The first-order chi connectivity index (χ1) is 11.5. The van der Waals surface area contributed by atoms with Crippen molar-refractivity contribution in [2.75, 3.05) is 0 Å². The Hall–Kier alpha value is -2.22. The molecule has 0 N–H and O–H groups in total. The van der Waals surface area contributed by atoms with Crippen LogP contribution < -0.4 is 0 Å². The molecule has 3 rings (SSSR count). The molecule has 0 spiro atoms. The van der Waals surface area contributed by atoms with Gasteiger partial charge < -0.3 is 0 Å². The van der Waals surface area contributed by atoms with Crippen molar-refractivity contribution in [3.63, 3.8) is 0 Å². The van der Waals surface area contributed by atoms with Crippen molar-refractivity contribution in [2.45, 2.75) is 39.0 Å². The largest absolute Gasteiger partial charge is 0.299 e. The lowest BCUT2D eigenvalue weighted by Crippen LogP contribution is -2.48. The van der Waals surface area contributed by atoms with E-state index in [-0.39, 0.29) is 29.3 Å². The van der Waals surface area contributed by atoms with Crippen molar-refractivity contribution in [2.24, 2.45) is 11.3 Å². The topological polar surface area (TPSA) is 34.1 Å². The smallest absolute Gasteiger partial charge is 0.136 e. The Morgan fingerprint density at radius 1 is 0.958 bits per heavy atom. The van der Waals surface area contributed by atoms with Crippen LogP contribution in [0.5, 0.6) is 0 Å². The molecule has 2 heteroatoms. The highest BCUT2D eigenvalue weighted by Gasteiger charge is 2.54. The van der Waals surface area contributed by atoms with E-state index >= 15 is 0 Å². The third-order valence-corrected chi connectivity index (χ3v) is 5.90. The average molecular weight is 320 g/mol. The molecule has 0 aromatic heterocycles. The van der Waals surface area contributed by atoms with Crippen LogP contribution >= 0.6 is 0 Å². The minimum Gasteiger partial charge on any atom is -0.299 e. The Labute approximate surface area is 143 Å². The van der Waals surface area contributed by atoms with Gasteiger partial charge in [0.2, 0.25) is 0 Å². The molecule has 0 unspecified atom stereocenters. The molecule has 1 saturated carbocycles.